The number of H-pyrrole nitrogens is 1. The molecule has 6 rings (SSSR count). The number of pyridine rings is 1. The molecule has 1 fully saturated rings. The summed E-state index contributed by atoms with van der Waals surface area (Å²) in [6.07, 6.45) is 4.06. The first kappa shape index (κ1) is 25.9. The Morgan fingerprint density at radius 1 is 0.976 bits per heavy atom. The molecule has 1 aliphatic rings. The molecule has 0 aliphatic heterocycles. The van der Waals surface area contributed by atoms with Crippen LogP contribution in [0.15, 0.2) is 89.9 Å². The maximum Gasteiger partial charge on any atom is 0.274 e. The molecule has 0 spiro atoms. The molecule has 2 aromatic heterocycles. The Bertz CT molecular complexity index is 1830. The van der Waals surface area contributed by atoms with Gasteiger partial charge in [0.2, 0.25) is 0 Å². The van der Waals surface area contributed by atoms with E-state index in [9.17, 15) is 14.4 Å². The van der Waals surface area contributed by atoms with E-state index >= 15 is 0 Å². The first-order valence-electron chi connectivity index (χ1n) is 13.4. The van der Waals surface area contributed by atoms with Gasteiger partial charge in [-0.15, -0.1) is 0 Å². The van der Waals surface area contributed by atoms with E-state index in [2.05, 4.69) is 15.6 Å². The quantitative estimate of drug-likeness (QED) is 0.207. The van der Waals surface area contributed by atoms with E-state index in [1.165, 1.54) is 4.57 Å². The molecule has 0 radical (unpaired) electrons. The maximum absolute atomic E-state index is 13.1. The van der Waals surface area contributed by atoms with Crippen molar-refractivity contribution in [3.05, 3.63) is 112 Å². The normalized spacial score (nSPS) is 12.7. The van der Waals surface area contributed by atoms with E-state index in [0.717, 1.165) is 35.3 Å². The van der Waals surface area contributed by atoms with Crippen molar-refractivity contribution in [1.82, 2.24) is 14.9 Å². The van der Waals surface area contributed by atoms with Gasteiger partial charge >= 0.3 is 0 Å². The minimum atomic E-state index is -0.349. The number of amides is 2. The largest absolute Gasteiger partial charge is 0.490 e. The summed E-state index contributed by atoms with van der Waals surface area (Å²) >= 11 is 0. The number of nitrogens with two attached hydrogens (primary N) is 1. The van der Waals surface area contributed by atoms with Crippen molar-refractivity contribution in [3.8, 4) is 16.9 Å². The Morgan fingerprint density at radius 3 is 2.46 bits per heavy atom. The minimum Gasteiger partial charge on any atom is -0.490 e. The highest BCUT2D eigenvalue weighted by Crippen LogP contribution is 2.37. The van der Waals surface area contributed by atoms with Gasteiger partial charge in [-0.2, -0.15) is 0 Å². The van der Waals surface area contributed by atoms with E-state index in [1.807, 2.05) is 24.3 Å². The lowest BCUT2D eigenvalue weighted by molar-refractivity contribution is 0.0945. The van der Waals surface area contributed by atoms with Crippen LogP contribution in [-0.2, 0) is 13.6 Å². The number of nitrogens with one attached hydrogen (secondary N) is 3. The van der Waals surface area contributed by atoms with Crippen LogP contribution in [0.25, 0.3) is 22.0 Å². The summed E-state index contributed by atoms with van der Waals surface area (Å²) in [6, 6.07) is 23.4. The lowest BCUT2D eigenvalue weighted by Crippen LogP contribution is -2.23. The van der Waals surface area contributed by atoms with Crippen molar-refractivity contribution in [2.75, 3.05) is 11.1 Å². The Balaban J connectivity index is 1.19. The molecule has 9 nitrogen and oxygen atoms in total. The molecule has 0 atom stereocenters. The minimum absolute atomic E-state index is 0.220. The van der Waals surface area contributed by atoms with Crippen molar-refractivity contribution < 1.29 is 14.3 Å². The van der Waals surface area contributed by atoms with Gasteiger partial charge in [0.15, 0.2) is 0 Å². The Hall–Kier alpha value is -5.31. The van der Waals surface area contributed by atoms with Crippen LogP contribution in [0.1, 0.15) is 39.3 Å². The van der Waals surface area contributed by atoms with Crippen LogP contribution in [0.5, 0.6) is 5.75 Å². The van der Waals surface area contributed by atoms with E-state index < -0.39 is 0 Å². The molecule has 5 aromatic rings. The van der Waals surface area contributed by atoms with Gasteiger partial charge in [-0.1, -0.05) is 42.5 Å². The molecule has 2 amide bonds. The summed E-state index contributed by atoms with van der Waals surface area (Å²) in [7, 11) is 1.69. The number of aromatic amines is 1. The van der Waals surface area contributed by atoms with Gasteiger partial charge < -0.3 is 30.7 Å². The topological polar surface area (TPSA) is 131 Å². The number of benzene rings is 3. The number of rotatable bonds is 8. The number of nitrogen functional groups attached to an aromatic ring is 1. The zero-order valence-electron chi connectivity index (χ0n) is 22.4. The van der Waals surface area contributed by atoms with Crippen molar-refractivity contribution >= 4 is 34.1 Å². The third-order valence-corrected chi connectivity index (χ3v) is 7.08. The molecular formula is C32H29N5O4. The van der Waals surface area contributed by atoms with E-state index in [-0.39, 0.29) is 35.7 Å². The lowest BCUT2D eigenvalue weighted by atomic mass is 10.0. The zero-order chi connectivity index (χ0) is 28.5. The van der Waals surface area contributed by atoms with Crippen LogP contribution >= 0.6 is 0 Å². The second-order valence-electron chi connectivity index (χ2n) is 10.2. The van der Waals surface area contributed by atoms with Gasteiger partial charge in [-0.3, -0.25) is 14.4 Å². The van der Waals surface area contributed by atoms with Crippen LogP contribution < -0.4 is 26.7 Å². The first-order chi connectivity index (χ1) is 19.9. The molecule has 5 N–H and O–H groups in total. The number of para-hydroxylation sites is 3. The number of aromatic nitrogens is 2. The van der Waals surface area contributed by atoms with Crippen LogP contribution in [-0.4, -0.2) is 27.5 Å². The summed E-state index contributed by atoms with van der Waals surface area (Å²) in [5.41, 5.74) is 10.3. The third-order valence-electron chi connectivity index (χ3n) is 7.08. The Labute approximate surface area is 236 Å². The smallest absolute Gasteiger partial charge is 0.274 e. The molecule has 1 aliphatic carbocycles. The van der Waals surface area contributed by atoms with Crippen LogP contribution in [0.4, 0.5) is 11.4 Å². The van der Waals surface area contributed by atoms with Crippen LogP contribution in [0.2, 0.25) is 0 Å². The molecule has 9 heteroatoms. The monoisotopic (exact) mass is 547 g/mol. The molecule has 3 aromatic carbocycles. The van der Waals surface area contributed by atoms with Crippen molar-refractivity contribution in [2.24, 2.45) is 7.05 Å². The number of nitrogens with zero attached hydrogens (tertiary/aromatic N) is 1. The lowest BCUT2D eigenvalue weighted by Gasteiger charge is -2.12. The third kappa shape index (κ3) is 5.42. The summed E-state index contributed by atoms with van der Waals surface area (Å²) in [6.45, 7) is 0.241. The van der Waals surface area contributed by atoms with Gasteiger partial charge in [0, 0.05) is 41.9 Å². The molecule has 2 heterocycles. The fourth-order valence-corrected chi connectivity index (χ4v) is 4.69. The van der Waals surface area contributed by atoms with Gasteiger partial charge in [0.05, 0.1) is 17.5 Å². The molecule has 0 saturated heterocycles. The van der Waals surface area contributed by atoms with Crippen molar-refractivity contribution in [3.63, 3.8) is 0 Å². The number of anilines is 2. The Morgan fingerprint density at radius 2 is 1.71 bits per heavy atom. The summed E-state index contributed by atoms with van der Waals surface area (Å²) in [5, 5.41) is 6.34. The summed E-state index contributed by atoms with van der Waals surface area (Å²) < 4.78 is 7.63. The highest BCUT2D eigenvalue weighted by molar-refractivity contribution is 6.06. The average Bonchev–Trinajstić information content (AvgIpc) is 3.69. The maximum atomic E-state index is 13.1. The number of ether oxygens (including phenoxy) is 1. The molecule has 0 unspecified atom stereocenters. The SMILES string of the molecule is Cn1cc(-c2ccccc2OC2CC2)c2cc(C(=O)NCc3ccc(C(=O)Nc4ccccc4N)cc3)[nH]c2c1=O. The standard InChI is InChI=1S/C32H29N5O4/c1-37-18-24(22-6-2-5-9-28(22)41-21-14-15-21)23-16-27(35-29(23)32(37)40)31(39)34-17-19-10-12-20(13-11-19)30(38)36-26-8-4-3-7-25(26)33/h2-13,16,18,21,35H,14-15,17,33H2,1H3,(H,34,39)(H,36,38). The predicted molar refractivity (Wildman–Crippen MR) is 159 cm³/mol. The van der Waals surface area contributed by atoms with E-state index in [4.69, 9.17) is 10.5 Å². The first-order valence-corrected chi connectivity index (χ1v) is 13.4. The number of aryl methyl sites for hydroxylation is 1. The fourth-order valence-electron chi connectivity index (χ4n) is 4.69. The fraction of sp³-hybridized carbons (Fsp3) is 0.156. The van der Waals surface area contributed by atoms with Crippen molar-refractivity contribution in [1.29, 1.82) is 0 Å². The predicted octanol–water partition coefficient (Wildman–Crippen LogP) is 4.84. The highest BCUT2D eigenvalue weighted by Gasteiger charge is 2.25. The number of carbonyl (C=O) groups excluding carboxylic acids is 2. The van der Waals surface area contributed by atoms with Gasteiger partial charge in [-0.05, 0) is 54.8 Å². The molecule has 41 heavy (non-hydrogen) atoms. The van der Waals surface area contributed by atoms with Crippen LogP contribution in [0, 0.1) is 0 Å². The second kappa shape index (κ2) is 10.7. The zero-order valence-corrected chi connectivity index (χ0v) is 22.4. The molecular weight excluding hydrogens is 518 g/mol. The van der Waals surface area contributed by atoms with Gasteiger partial charge in [0.1, 0.15) is 17.0 Å². The van der Waals surface area contributed by atoms with Gasteiger partial charge in [0.25, 0.3) is 17.4 Å². The molecule has 206 valence electrons. The van der Waals surface area contributed by atoms with Gasteiger partial charge in [-0.25, -0.2) is 0 Å². The average molecular weight is 548 g/mol. The Kier molecular flexibility index (Phi) is 6.76. The molecule has 1 saturated carbocycles. The highest BCUT2D eigenvalue weighted by atomic mass is 16.5. The number of fused-ring (bicyclic) bond motifs is 1. The summed E-state index contributed by atoms with van der Waals surface area (Å²) in [5.74, 6) is 0.127. The number of hydrogen-bond acceptors (Lipinski definition) is 5. The van der Waals surface area contributed by atoms with E-state index in [0.29, 0.717) is 27.8 Å². The van der Waals surface area contributed by atoms with Crippen molar-refractivity contribution in [2.45, 2.75) is 25.5 Å². The number of hydrogen-bond donors (Lipinski definition) is 4. The van der Waals surface area contributed by atoms with E-state index in [1.54, 1.807) is 67.8 Å². The molecule has 0 bridgehead atoms. The van der Waals surface area contributed by atoms with Crippen LogP contribution in [0.3, 0.4) is 0 Å². The number of carbonyl (C=O) groups is 2. The second-order valence-corrected chi connectivity index (χ2v) is 10.2. The summed E-state index contributed by atoms with van der Waals surface area (Å²) in [4.78, 5) is 41.7.